The normalized spacial score (nSPS) is 17.5. The maximum absolute atomic E-state index is 13.2. The maximum Gasteiger partial charge on any atom is 0.242 e. The van der Waals surface area contributed by atoms with Gasteiger partial charge in [0.1, 0.15) is 17.6 Å². The van der Waals surface area contributed by atoms with E-state index in [0.717, 1.165) is 11.1 Å². The minimum atomic E-state index is -0.463. The number of nitrogens with one attached hydrogen (secondary N) is 1. The van der Waals surface area contributed by atoms with Crippen molar-refractivity contribution in [2.24, 2.45) is 0 Å². The van der Waals surface area contributed by atoms with E-state index in [1.165, 1.54) is 12.1 Å². The average Bonchev–Trinajstić information content (AvgIpc) is 2.70. The quantitative estimate of drug-likeness (QED) is 0.770. The lowest BCUT2D eigenvalue weighted by molar-refractivity contribution is -0.129. The minimum Gasteiger partial charge on any atom is -0.353 e. The molecule has 1 fully saturated rings. The lowest BCUT2D eigenvalue weighted by Crippen LogP contribution is -2.49. The molecular weight excluding hydrogens is 345 g/mol. The van der Waals surface area contributed by atoms with E-state index in [4.69, 9.17) is 0 Å². The molecule has 1 atom stereocenters. The molecule has 136 valence electrons. The van der Waals surface area contributed by atoms with E-state index in [-0.39, 0.29) is 11.7 Å². The summed E-state index contributed by atoms with van der Waals surface area (Å²) in [6, 6.07) is 11.2. The predicted octanol–water partition coefficient (Wildman–Crippen LogP) is 2.35. The summed E-state index contributed by atoms with van der Waals surface area (Å²) in [5.41, 5.74) is 2.38. The van der Waals surface area contributed by atoms with Crippen molar-refractivity contribution < 1.29 is 9.18 Å². The molecule has 0 spiro atoms. The van der Waals surface area contributed by atoms with Crippen molar-refractivity contribution in [3.05, 3.63) is 78.0 Å². The van der Waals surface area contributed by atoms with E-state index in [0.29, 0.717) is 31.2 Å². The highest BCUT2D eigenvalue weighted by molar-refractivity contribution is 5.83. The van der Waals surface area contributed by atoms with Gasteiger partial charge >= 0.3 is 0 Å². The number of nitrogens with zero attached hydrogens (tertiary/aromatic N) is 4. The molecule has 3 aromatic rings. The van der Waals surface area contributed by atoms with Crippen LogP contribution in [0.3, 0.4) is 0 Å². The summed E-state index contributed by atoms with van der Waals surface area (Å²) >= 11 is 0. The van der Waals surface area contributed by atoms with Gasteiger partial charge in [-0.15, -0.1) is 0 Å². The maximum atomic E-state index is 13.2. The molecule has 1 aliphatic heterocycles. The topological polar surface area (TPSA) is 71.0 Å². The van der Waals surface area contributed by atoms with E-state index in [9.17, 15) is 9.18 Å². The van der Waals surface area contributed by atoms with Crippen LogP contribution >= 0.6 is 0 Å². The Morgan fingerprint density at radius 2 is 1.85 bits per heavy atom. The second kappa shape index (κ2) is 7.59. The Morgan fingerprint density at radius 1 is 1.07 bits per heavy atom. The van der Waals surface area contributed by atoms with E-state index in [2.05, 4.69) is 20.3 Å². The van der Waals surface area contributed by atoms with Crippen molar-refractivity contribution in [3.63, 3.8) is 0 Å². The largest absolute Gasteiger partial charge is 0.353 e. The summed E-state index contributed by atoms with van der Waals surface area (Å²) < 4.78 is 13.2. The molecule has 27 heavy (non-hydrogen) atoms. The summed E-state index contributed by atoms with van der Waals surface area (Å²) in [7, 11) is 0. The average molecular weight is 363 g/mol. The van der Waals surface area contributed by atoms with Crippen LogP contribution in [0.1, 0.15) is 17.2 Å². The molecule has 0 aliphatic carbocycles. The third-order valence-corrected chi connectivity index (χ3v) is 4.48. The Balaban J connectivity index is 1.54. The van der Waals surface area contributed by atoms with Crippen molar-refractivity contribution in [2.75, 3.05) is 13.1 Å². The van der Waals surface area contributed by atoms with Gasteiger partial charge in [-0.2, -0.15) is 0 Å². The number of hydrogen-bond acceptors (Lipinski definition) is 5. The van der Waals surface area contributed by atoms with Crippen molar-refractivity contribution >= 4 is 5.91 Å². The highest BCUT2D eigenvalue weighted by atomic mass is 19.1. The Kier molecular flexibility index (Phi) is 4.84. The Hall–Kier alpha value is -3.19. The molecule has 1 aromatic carbocycles. The number of hydrogen-bond donors (Lipinski definition) is 1. The molecule has 4 rings (SSSR count). The van der Waals surface area contributed by atoms with Crippen LogP contribution in [0.15, 0.2) is 61.1 Å². The highest BCUT2D eigenvalue weighted by Gasteiger charge is 2.31. The van der Waals surface area contributed by atoms with Crippen LogP contribution in [0, 0.1) is 5.82 Å². The number of benzene rings is 1. The second-order valence-corrected chi connectivity index (χ2v) is 6.35. The van der Waals surface area contributed by atoms with Gasteiger partial charge < -0.3 is 5.32 Å². The fraction of sp³-hybridized carbons (Fsp3) is 0.200. The summed E-state index contributed by atoms with van der Waals surface area (Å²) in [6.07, 6.45) is 5.21. The first-order valence-electron chi connectivity index (χ1n) is 8.70. The SMILES string of the molecule is O=C1NCCN(Cc2cnc(-c3ccccn3)nc2)C1c1ccc(F)cc1. The molecule has 1 unspecified atom stereocenters. The van der Waals surface area contributed by atoms with Crippen LogP contribution < -0.4 is 5.32 Å². The summed E-state index contributed by atoms with van der Waals surface area (Å²) in [5.74, 6) is 0.157. The van der Waals surface area contributed by atoms with E-state index >= 15 is 0 Å². The van der Waals surface area contributed by atoms with Gasteiger partial charge in [0.2, 0.25) is 5.91 Å². The molecule has 1 saturated heterocycles. The van der Waals surface area contributed by atoms with Crippen LogP contribution in [0.25, 0.3) is 11.5 Å². The van der Waals surface area contributed by atoms with Gasteiger partial charge in [0, 0.05) is 43.8 Å². The molecule has 2 aromatic heterocycles. The predicted molar refractivity (Wildman–Crippen MR) is 97.8 cm³/mol. The van der Waals surface area contributed by atoms with Crippen LogP contribution in [0.4, 0.5) is 4.39 Å². The fourth-order valence-electron chi connectivity index (χ4n) is 3.19. The minimum absolute atomic E-state index is 0.0844. The number of halogens is 1. The smallest absolute Gasteiger partial charge is 0.242 e. The zero-order valence-corrected chi connectivity index (χ0v) is 14.5. The van der Waals surface area contributed by atoms with Crippen molar-refractivity contribution in [1.29, 1.82) is 0 Å². The van der Waals surface area contributed by atoms with Gasteiger partial charge in [0.15, 0.2) is 5.82 Å². The molecule has 0 saturated carbocycles. The van der Waals surface area contributed by atoms with Gasteiger partial charge in [0.05, 0.1) is 0 Å². The second-order valence-electron chi connectivity index (χ2n) is 6.35. The Labute approximate surface area is 156 Å². The number of aromatic nitrogens is 3. The number of amides is 1. The Bertz CT molecular complexity index is 915. The first-order valence-corrected chi connectivity index (χ1v) is 8.70. The van der Waals surface area contributed by atoms with Crippen LogP contribution in [-0.4, -0.2) is 38.8 Å². The monoisotopic (exact) mass is 363 g/mol. The number of piperazine rings is 1. The third kappa shape index (κ3) is 3.83. The number of rotatable bonds is 4. The third-order valence-electron chi connectivity index (χ3n) is 4.48. The van der Waals surface area contributed by atoms with Crippen molar-refractivity contribution in [2.45, 2.75) is 12.6 Å². The van der Waals surface area contributed by atoms with E-state index in [1.807, 2.05) is 23.1 Å². The molecule has 0 bridgehead atoms. The fourth-order valence-corrected chi connectivity index (χ4v) is 3.19. The van der Waals surface area contributed by atoms with Crippen molar-refractivity contribution in [1.82, 2.24) is 25.2 Å². The molecule has 7 heteroatoms. The summed E-state index contributed by atoms with van der Waals surface area (Å²) in [4.78, 5) is 27.5. The molecule has 3 heterocycles. The van der Waals surface area contributed by atoms with Gasteiger partial charge in [-0.25, -0.2) is 14.4 Å². The van der Waals surface area contributed by atoms with Gasteiger partial charge in [-0.05, 0) is 29.8 Å². The van der Waals surface area contributed by atoms with Crippen LogP contribution in [0.5, 0.6) is 0 Å². The zero-order chi connectivity index (χ0) is 18.6. The van der Waals surface area contributed by atoms with Crippen molar-refractivity contribution in [3.8, 4) is 11.5 Å². The summed E-state index contributed by atoms with van der Waals surface area (Å²) in [6.45, 7) is 1.79. The number of carbonyl (C=O) groups excluding carboxylic acids is 1. The molecule has 1 N–H and O–H groups in total. The van der Waals surface area contributed by atoms with Gasteiger partial charge in [0.25, 0.3) is 0 Å². The highest BCUT2D eigenvalue weighted by Crippen LogP contribution is 2.25. The molecule has 1 aliphatic rings. The van der Waals surface area contributed by atoms with Gasteiger partial charge in [-0.1, -0.05) is 18.2 Å². The lowest BCUT2D eigenvalue weighted by atomic mass is 10.0. The molecule has 0 radical (unpaired) electrons. The van der Waals surface area contributed by atoms with E-state index in [1.54, 1.807) is 30.7 Å². The lowest BCUT2D eigenvalue weighted by Gasteiger charge is -2.35. The van der Waals surface area contributed by atoms with Crippen LogP contribution in [0.2, 0.25) is 0 Å². The first kappa shape index (κ1) is 17.2. The first-order chi connectivity index (χ1) is 13.2. The zero-order valence-electron chi connectivity index (χ0n) is 14.5. The number of carbonyl (C=O) groups is 1. The number of pyridine rings is 1. The van der Waals surface area contributed by atoms with Gasteiger partial charge in [-0.3, -0.25) is 14.7 Å². The molecular formula is C20H18FN5O. The molecule has 1 amide bonds. The van der Waals surface area contributed by atoms with E-state index < -0.39 is 6.04 Å². The summed E-state index contributed by atoms with van der Waals surface area (Å²) in [5, 5.41) is 2.88. The standard InChI is InChI=1S/C20H18FN5O/c21-16-6-4-15(5-7-16)18-20(27)23-9-10-26(18)13-14-11-24-19(25-12-14)17-3-1-2-8-22-17/h1-8,11-12,18H,9-10,13H2,(H,23,27). The molecule has 6 nitrogen and oxygen atoms in total. The Morgan fingerprint density at radius 3 is 2.56 bits per heavy atom. The van der Waals surface area contributed by atoms with Crippen LogP contribution in [-0.2, 0) is 11.3 Å².